The number of hydrogen-bond acceptors (Lipinski definition) is 5. The summed E-state index contributed by atoms with van der Waals surface area (Å²) < 4.78 is 16.7. The minimum Gasteiger partial charge on any atom is -0.493 e. The SMILES string of the molecule is CCCC1=C(C(=O)OCC)C(c2cc(OC)c(OCc3ccccc3)cc2Cl)NC(=O)N1. The maximum atomic E-state index is 12.8. The van der Waals surface area contributed by atoms with E-state index < -0.39 is 18.0 Å². The molecule has 1 unspecified atom stereocenters. The number of rotatable bonds is 9. The van der Waals surface area contributed by atoms with Crippen molar-refractivity contribution in [1.29, 1.82) is 0 Å². The second-order valence-electron chi connectivity index (χ2n) is 7.19. The summed E-state index contributed by atoms with van der Waals surface area (Å²) in [6.45, 7) is 4.25. The minimum absolute atomic E-state index is 0.214. The molecule has 2 aromatic rings. The fourth-order valence-electron chi connectivity index (χ4n) is 3.53. The van der Waals surface area contributed by atoms with Crippen LogP contribution in [0.4, 0.5) is 4.79 Å². The zero-order valence-corrected chi connectivity index (χ0v) is 19.1. The summed E-state index contributed by atoms with van der Waals surface area (Å²) in [7, 11) is 1.52. The van der Waals surface area contributed by atoms with Crippen molar-refractivity contribution in [2.24, 2.45) is 0 Å². The van der Waals surface area contributed by atoms with Crippen LogP contribution in [0.3, 0.4) is 0 Å². The monoisotopic (exact) mass is 458 g/mol. The highest BCUT2D eigenvalue weighted by Crippen LogP contribution is 2.40. The molecular formula is C24H27ClN2O5. The molecule has 170 valence electrons. The van der Waals surface area contributed by atoms with E-state index in [1.807, 2.05) is 37.3 Å². The molecule has 0 spiro atoms. The van der Waals surface area contributed by atoms with Crippen LogP contribution in [0.2, 0.25) is 5.02 Å². The van der Waals surface area contributed by atoms with Crippen LogP contribution in [0.15, 0.2) is 53.7 Å². The van der Waals surface area contributed by atoms with Gasteiger partial charge in [-0.15, -0.1) is 0 Å². The summed E-state index contributed by atoms with van der Waals surface area (Å²) in [5, 5.41) is 5.86. The summed E-state index contributed by atoms with van der Waals surface area (Å²) in [6.07, 6.45) is 1.26. The quantitative estimate of drug-likeness (QED) is 0.522. The molecule has 32 heavy (non-hydrogen) atoms. The van der Waals surface area contributed by atoms with E-state index >= 15 is 0 Å². The third-order valence-corrected chi connectivity index (χ3v) is 5.31. The van der Waals surface area contributed by atoms with Crippen molar-refractivity contribution >= 4 is 23.6 Å². The van der Waals surface area contributed by atoms with E-state index in [1.54, 1.807) is 19.1 Å². The Balaban J connectivity index is 1.99. The highest BCUT2D eigenvalue weighted by Gasteiger charge is 2.35. The van der Waals surface area contributed by atoms with Crippen LogP contribution in [-0.2, 0) is 16.1 Å². The van der Waals surface area contributed by atoms with Crippen molar-refractivity contribution in [2.75, 3.05) is 13.7 Å². The minimum atomic E-state index is -0.783. The van der Waals surface area contributed by atoms with Gasteiger partial charge in [-0.2, -0.15) is 0 Å². The van der Waals surface area contributed by atoms with Crippen LogP contribution in [0, 0.1) is 0 Å². The van der Waals surface area contributed by atoms with Crippen molar-refractivity contribution in [1.82, 2.24) is 10.6 Å². The average Bonchev–Trinajstić information content (AvgIpc) is 2.78. The molecule has 8 heteroatoms. The molecular weight excluding hydrogens is 432 g/mol. The summed E-state index contributed by atoms with van der Waals surface area (Å²) in [6, 6.07) is 11.8. The molecule has 1 heterocycles. The van der Waals surface area contributed by atoms with Gasteiger partial charge in [0, 0.05) is 17.3 Å². The lowest BCUT2D eigenvalue weighted by atomic mass is 9.93. The fraction of sp³-hybridized carbons (Fsp3) is 0.333. The number of carbonyl (C=O) groups excluding carboxylic acids is 2. The Hall–Kier alpha value is -3.19. The van der Waals surface area contributed by atoms with Gasteiger partial charge in [-0.05, 0) is 25.0 Å². The van der Waals surface area contributed by atoms with E-state index in [-0.39, 0.29) is 6.61 Å². The van der Waals surface area contributed by atoms with Crippen LogP contribution in [0.1, 0.15) is 43.9 Å². The number of halogens is 1. The molecule has 1 aliphatic heterocycles. The van der Waals surface area contributed by atoms with E-state index in [1.165, 1.54) is 7.11 Å². The van der Waals surface area contributed by atoms with Crippen molar-refractivity contribution in [2.45, 2.75) is 39.3 Å². The molecule has 1 atom stereocenters. The number of benzene rings is 2. The molecule has 2 N–H and O–H groups in total. The maximum absolute atomic E-state index is 12.8. The van der Waals surface area contributed by atoms with E-state index in [4.69, 9.17) is 25.8 Å². The van der Waals surface area contributed by atoms with Gasteiger partial charge in [0.2, 0.25) is 0 Å². The first-order valence-corrected chi connectivity index (χ1v) is 10.9. The standard InChI is InChI=1S/C24H27ClN2O5/c1-4-9-18-21(23(28)31-5-2)22(27-24(29)26-18)16-12-19(30-3)20(13-17(16)25)32-14-15-10-7-6-8-11-15/h6-8,10-13,22H,4-5,9,14H2,1-3H3,(H2,26,27,29). The van der Waals surface area contributed by atoms with Crippen molar-refractivity contribution < 1.29 is 23.8 Å². The smallest absolute Gasteiger partial charge is 0.338 e. The molecule has 2 amide bonds. The maximum Gasteiger partial charge on any atom is 0.338 e. The highest BCUT2D eigenvalue weighted by molar-refractivity contribution is 6.31. The second kappa shape index (κ2) is 10.9. The van der Waals surface area contributed by atoms with Gasteiger partial charge in [0.15, 0.2) is 11.5 Å². The summed E-state index contributed by atoms with van der Waals surface area (Å²) in [5.41, 5.74) is 2.37. The zero-order valence-electron chi connectivity index (χ0n) is 18.4. The first kappa shape index (κ1) is 23.5. The van der Waals surface area contributed by atoms with Crippen LogP contribution >= 0.6 is 11.6 Å². The largest absolute Gasteiger partial charge is 0.493 e. The molecule has 0 aromatic heterocycles. The first-order chi connectivity index (χ1) is 15.5. The van der Waals surface area contributed by atoms with Crippen molar-refractivity contribution in [3.05, 3.63) is 69.9 Å². The number of urea groups is 1. The Bertz CT molecular complexity index is 1010. The normalized spacial score (nSPS) is 15.6. The van der Waals surface area contributed by atoms with Crippen LogP contribution < -0.4 is 20.1 Å². The Morgan fingerprint density at radius 1 is 1.12 bits per heavy atom. The van der Waals surface area contributed by atoms with Gasteiger partial charge in [0.25, 0.3) is 0 Å². The summed E-state index contributed by atoms with van der Waals surface area (Å²) in [4.78, 5) is 25.1. The van der Waals surface area contributed by atoms with Gasteiger partial charge in [0.05, 0.1) is 30.4 Å². The first-order valence-electron chi connectivity index (χ1n) is 10.5. The van der Waals surface area contributed by atoms with E-state index in [9.17, 15) is 9.59 Å². The third-order valence-electron chi connectivity index (χ3n) is 4.98. The number of amides is 2. The van der Waals surface area contributed by atoms with Gasteiger partial charge >= 0.3 is 12.0 Å². The van der Waals surface area contributed by atoms with Gasteiger partial charge in [-0.3, -0.25) is 0 Å². The number of nitrogens with one attached hydrogen (secondary N) is 2. The Morgan fingerprint density at radius 3 is 2.53 bits per heavy atom. The molecule has 7 nitrogen and oxygen atoms in total. The lowest BCUT2D eigenvalue weighted by molar-refractivity contribution is -0.139. The van der Waals surface area contributed by atoms with Crippen LogP contribution in [-0.4, -0.2) is 25.7 Å². The van der Waals surface area contributed by atoms with Gasteiger partial charge in [-0.25, -0.2) is 9.59 Å². The lowest BCUT2D eigenvalue weighted by Gasteiger charge is -2.30. The third kappa shape index (κ3) is 5.34. The number of ether oxygens (including phenoxy) is 3. The number of hydrogen-bond donors (Lipinski definition) is 2. The Morgan fingerprint density at radius 2 is 1.88 bits per heavy atom. The number of carbonyl (C=O) groups is 2. The highest BCUT2D eigenvalue weighted by atomic mass is 35.5. The fourth-order valence-corrected chi connectivity index (χ4v) is 3.79. The van der Waals surface area contributed by atoms with E-state index in [2.05, 4.69) is 10.6 Å². The predicted octanol–water partition coefficient (Wildman–Crippen LogP) is 4.90. The van der Waals surface area contributed by atoms with Crippen molar-refractivity contribution in [3.8, 4) is 11.5 Å². The molecule has 2 aromatic carbocycles. The average molecular weight is 459 g/mol. The summed E-state index contributed by atoms with van der Waals surface area (Å²) in [5.74, 6) is 0.391. The van der Waals surface area contributed by atoms with Gasteiger partial charge in [0.1, 0.15) is 6.61 Å². The summed E-state index contributed by atoms with van der Waals surface area (Å²) >= 11 is 6.61. The number of methoxy groups -OCH3 is 1. The molecule has 0 bridgehead atoms. The predicted molar refractivity (Wildman–Crippen MR) is 122 cm³/mol. The zero-order chi connectivity index (χ0) is 23.1. The van der Waals surface area contributed by atoms with E-state index in [0.29, 0.717) is 46.4 Å². The molecule has 3 rings (SSSR count). The Kier molecular flexibility index (Phi) is 8.00. The van der Waals surface area contributed by atoms with Crippen LogP contribution in [0.5, 0.6) is 11.5 Å². The van der Waals surface area contributed by atoms with Crippen LogP contribution in [0.25, 0.3) is 0 Å². The van der Waals surface area contributed by atoms with Gasteiger partial charge < -0.3 is 24.8 Å². The van der Waals surface area contributed by atoms with Gasteiger partial charge in [-0.1, -0.05) is 55.3 Å². The van der Waals surface area contributed by atoms with E-state index in [0.717, 1.165) is 12.0 Å². The second-order valence-corrected chi connectivity index (χ2v) is 7.60. The molecule has 0 saturated carbocycles. The molecule has 1 aliphatic rings. The molecule has 0 saturated heterocycles. The molecule has 0 fully saturated rings. The lowest BCUT2D eigenvalue weighted by Crippen LogP contribution is -2.46. The van der Waals surface area contributed by atoms with Crippen molar-refractivity contribution in [3.63, 3.8) is 0 Å². The molecule has 0 aliphatic carbocycles. The number of allylic oxidation sites excluding steroid dienone is 1. The molecule has 0 radical (unpaired) electrons. The number of esters is 1. The topological polar surface area (TPSA) is 85.9 Å². The Labute approximate surface area is 192 Å².